The van der Waals surface area contributed by atoms with Gasteiger partial charge in [-0.15, -0.1) is 0 Å². The van der Waals surface area contributed by atoms with Gasteiger partial charge in [0.1, 0.15) is 0 Å². The molecule has 0 atom stereocenters. The van der Waals surface area contributed by atoms with Crippen molar-refractivity contribution in [1.29, 1.82) is 0 Å². The second-order valence-corrected chi connectivity index (χ2v) is 9.03. The summed E-state index contributed by atoms with van der Waals surface area (Å²) in [4.78, 5) is 17.0. The van der Waals surface area contributed by atoms with Gasteiger partial charge in [-0.3, -0.25) is 9.89 Å². The van der Waals surface area contributed by atoms with E-state index in [1.807, 2.05) is 6.07 Å². The number of H-pyrrole nitrogens is 1. The van der Waals surface area contributed by atoms with E-state index in [4.69, 9.17) is 5.73 Å². The molecular weight excluding hydrogens is 400 g/mol. The molecule has 4 rings (SSSR count). The molecule has 144 valence electrons. The molecular formula is C17H16N6O3S2. The smallest absolute Gasteiger partial charge is 0.276 e. The van der Waals surface area contributed by atoms with Crippen LogP contribution in [0, 0.1) is 0 Å². The van der Waals surface area contributed by atoms with Crippen molar-refractivity contribution in [3.05, 3.63) is 47.7 Å². The van der Waals surface area contributed by atoms with Gasteiger partial charge in [-0.1, -0.05) is 23.5 Å². The van der Waals surface area contributed by atoms with Gasteiger partial charge in [0.15, 0.2) is 10.8 Å². The van der Waals surface area contributed by atoms with E-state index >= 15 is 0 Å². The lowest BCUT2D eigenvalue weighted by molar-refractivity contribution is 0.102. The topological polar surface area (TPSA) is 143 Å². The minimum absolute atomic E-state index is 0.132. The third-order valence-corrected chi connectivity index (χ3v) is 6.45. The summed E-state index contributed by atoms with van der Waals surface area (Å²) in [5.74, 6) is -0.520. The monoisotopic (exact) mass is 416 g/mol. The van der Waals surface area contributed by atoms with Crippen LogP contribution in [-0.4, -0.2) is 36.6 Å². The molecule has 5 N–H and O–H groups in total. The third-order valence-electron chi connectivity index (χ3n) is 4.19. The first-order chi connectivity index (χ1) is 13.4. The molecule has 11 heteroatoms. The highest BCUT2D eigenvalue weighted by Crippen LogP contribution is 2.32. The van der Waals surface area contributed by atoms with Crippen LogP contribution in [0.15, 0.2) is 36.4 Å². The maximum absolute atomic E-state index is 12.8. The minimum atomic E-state index is -3.35. The van der Waals surface area contributed by atoms with Crippen LogP contribution in [0.2, 0.25) is 0 Å². The number of nitrogen functional groups attached to an aromatic ring is 1. The molecule has 0 saturated carbocycles. The van der Waals surface area contributed by atoms with Crippen molar-refractivity contribution in [1.82, 2.24) is 19.9 Å². The Labute approximate surface area is 164 Å². The summed E-state index contributed by atoms with van der Waals surface area (Å²) in [6, 6.07) is 10.2. The number of nitrogens with two attached hydrogens (primary N) is 1. The number of fused-ring (bicyclic) bond motifs is 3. The van der Waals surface area contributed by atoms with Crippen LogP contribution in [0.1, 0.15) is 16.1 Å². The number of hydrogen-bond donors (Lipinski definition) is 4. The maximum atomic E-state index is 12.8. The number of sulfonamides is 1. The Hall–Kier alpha value is -3.02. The summed E-state index contributed by atoms with van der Waals surface area (Å²) in [6.07, 6.45) is 0. The summed E-state index contributed by atoms with van der Waals surface area (Å²) < 4.78 is 26.3. The van der Waals surface area contributed by atoms with Crippen molar-refractivity contribution in [2.45, 2.75) is 5.75 Å². The highest BCUT2D eigenvalue weighted by Gasteiger charge is 2.19. The second kappa shape index (κ2) is 6.86. The van der Waals surface area contributed by atoms with Crippen molar-refractivity contribution in [3.8, 4) is 0 Å². The molecule has 4 aromatic rings. The van der Waals surface area contributed by atoms with Gasteiger partial charge in [-0.25, -0.2) is 18.1 Å². The Balaban J connectivity index is 1.61. The number of rotatable bonds is 5. The van der Waals surface area contributed by atoms with Gasteiger partial charge < -0.3 is 11.1 Å². The molecule has 2 heterocycles. The molecule has 0 spiro atoms. The zero-order valence-corrected chi connectivity index (χ0v) is 16.3. The average Bonchev–Trinajstić information content (AvgIpc) is 3.25. The molecule has 0 unspecified atom stereocenters. The van der Waals surface area contributed by atoms with Crippen LogP contribution in [0.4, 0.5) is 10.8 Å². The number of carbonyl (C=O) groups excluding carboxylic acids is 1. The van der Waals surface area contributed by atoms with Gasteiger partial charge >= 0.3 is 0 Å². The molecule has 0 bridgehead atoms. The molecule has 0 aliphatic carbocycles. The predicted molar refractivity (Wildman–Crippen MR) is 110 cm³/mol. The number of anilines is 2. The van der Waals surface area contributed by atoms with E-state index in [0.29, 0.717) is 32.8 Å². The number of nitrogens with zero attached hydrogens (tertiary/aromatic N) is 2. The fourth-order valence-electron chi connectivity index (χ4n) is 2.84. The molecule has 2 aromatic heterocycles. The third kappa shape index (κ3) is 3.42. The molecule has 0 radical (unpaired) electrons. The average molecular weight is 416 g/mol. The Morgan fingerprint density at radius 3 is 2.68 bits per heavy atom. The van der Waals surface area contributed by atoms with E-state index in [1.165, 1.54) is 18.4 Å². The summed E-state index contributed by atoms with van der Waals surface area (Å²) in [7, 11) is -1.99. The number of nitrogens with one attached hydrogen (secondary N) is 3. The van der Waals surface area contributed by atoms with Crippen molar-refractivity contribution in [3.63, 3.8) is 0 Å². The molecule has 2 aromatic carbocycles. The van der Waals surface area contributed by atoms with Gasteiger partial charge in [-0.05, 0) is 36.9 Å². The second-order valence-electron chi connectivity index (χ2n) is 6.07. The Bertz CT molecular complexity index is 1290. The predicted octanol–water partition coefficient (Wildman–Crippen LogP) is 2.06. The highest BCUT2D eigenvalue weighted by molar-refractivity contribution is 7.88. The molecule has 0 fully saturated rings. The highest BCUT2D eigenvalue weighted by atomic mass is 32.2. The Morgan fingerprint density at radius 2 is 1.96 bits per heavy atom. The fourth-order valence-corrected chi connectivity index (χ4v) is 4.50. The molecule has 28 heavy (non-hydrogen) atoms. The number of amides is 1. The maximum Gasteiger partial charge on any atom is 0.276 e. The SMILES string of the molecule is CNS(=O)(=O)Cc1ccc(NC(=O)c2n[nH]c3ccc4nc(N)sc4c23)cc1. The van der Waals surface area contributed by atoms with Gasteiger partial charge in [0, 0.05) is 5.69 Å². The summed E-state index contributed by atoms with van der Waals surface area (Å²) in [6.45, 7) is 0. The molecule has 0 aliphatic rings. The largest absolute Gasteiger partial charge is 0.375 e. The first-order valence-electron chi connectivity index (χ1n) is 8.21. The number of hydrogen-bond acceptors (Lipinski definition) is 7. The van der Waals surface area contributed by atoms with Crippen LogP contribution in [-0.2, 0) is 15.8 Å². The Morgan fingerprint density at radius 1 is 1.21 bits per heavy atom. The van der Waals surface area contributed by atoms with Gasteiger partial charge in [0.05, 0.1) is 26.9 Å². The summed E-state index contributed by atoms with van der Waals surface area (Å²) in [5.41, 5.74) is 8.61. The molecule has 1 amide bonds. The number of aromatic nitrogens is 3. The minimum Gasteiger partial charge on any atom is -0.375 e. The molecule has 9 nitrogen and oxygen atoms in total. The standard InChI is InChI=1S/C17H16N6O3S2/c1-19-28(25,26)8-9-2-4-10(5-3-9)20-16(24)14-13-11(22-23-14)6-7-12-15(13)27-17(18)21-12/h2-7,19H,8H2,1H3,(H2,18,21)(H,20,24)(H,22,23). The number of aromatic amines is 1. The van der Waals surface area contributed by atoms with Crippen molar-refractivity contribution >= 4 is 59.2 Å². The Kier molecular flexibility index (Phi) is 4.49. The fraction of sp³-hybridized carbons (Fsp3) is 0.118. The van der Waals surface area contributed by atoms with Crippen LogP contribution in [0.25, 0.3) is 21.1 Å². The van der Waals surface area contributed by atoms with E-state index in [0.717, 1.165) is 4.70 Å². The first-order valence-corrected chi connectivity index (χ1v) is 10.7. The van der Waals surface area contributed by atoms with Gasteiger partial charge in [-0.2, -0.15) is 5.10 Å². The van der Waals surface area contributed by atoms with Crippen LogP contribution < -0.4 is 15.8 Å². The number of thiazole rings is 1. The van der Waals surface area contributed by atoms with Gasteiger partial charge in [0.25, 0.3) is 5.91 Å². The number of carbonyl (C=O) groups is 1. The van der Waals surface area contributed by atoms with E-state index in [2.05, 4.69) is 25.2 Å². The first kappa shape index (κ1) is 18.3. The van der Waals surface area contributed by atoms with Crippen molar-refractivity contribution in [2.24, 2.45) is 0 Å². The zero-order chi connectivity index (χ0) is 19.9. The molecule has 0 saturated heterocycles. The lowest BCUT2D eigenvalue weighted by atomic mass is 10.2. The number of benzene rings is 2. The van der Waals surface area contributed by atoms with E-state index in [-0.39, 0.29) is 17.4 Å². The van der Waals surface area contributed by atoms with E-state index in [9.17, 15) is 13.2 Å². The summed E-state index contributed by atoms with van der Waals surface area (Å²) >= 11 is 1.30. The lowest BCUT2D eigenvalue weighted by Crippen LogP contribution is -2.20. The van der Waals surface area contributed by atoms with Crippen molar-refractivity contribution in [2.75, 3.05) is 18.1 Å². The quantitative estimate of drug-likeness (QED) is 0.392. The molecule has 0 aliphatic heterocycles. The normalized spacial score (nSPS) is 11.9. The van der Waals surface area contributed by atoms with E-state index < -0.39 is 10.0 Å². The van der Waals surface area contributed by atoms with Gasteiger partial charge in [0.2, 0.25) is 10.0 Å². The van der Waals surface area contributed by atoms with Crippen LogP contribution in [0.3, 0.4) is 0 Å². The van der Waals surface area contributed by atoms with Crippen molar-refractivity contribution < 1.29 is 13.2 Å². The lowest BCUT2D eigenvalue weighted by Gasteiger charge is -2.06. The summed E-state index contributed by atoms with van der Waals surface area (Å²) in [5, 5.41) is 10.9. The van der Waals surface area contributed by atoms with Crippen LogP contribution in [0.5, 0.6) is 0 Å². The van der Waals surface area contributed by atoms with E-state index in [1.54, 1.807) is 30.3 Å². The zero-order valence-electron chi connectivity index (χ0n) is 14.7. The van der Waals surface area contributed by atoms with Crippen LogP contribution >= 0.6 is 11.3 Å².